The van der Waals surface area contributed by atoms with E-state index in [0.717, 1.165) is 12.2 Å². The van der Waals surface area contributed by atoms with Crippen LogP contribution in [-0.4, -0.2) is 29.1 Å². The maximum atomic E-state index is 14.1. The summed E-state index contributed by atoms with van der Waals surface area (Å²) in [6.07, 6.45) is 2.60. The van der Waals surface area contributed by atoms with Crippen molar-refractivity contribution in [3.63, 3.8) is 0 Å². The first-order valence-corrected chi connectivity index (χ1v) is 8.51. The molecule has 1 amide bonds. The lowest BCUT2D eigenvalue weighted by atomic mass is 9.87. The highest BCUT2D eigenvalue weighted by Gasteiger charge is 2.38. The van der Waals surface area contributed by atoms with E-state index >= 15 is 0 Å². The van der Waals surface area contributed by atoms with E-state index in [2.05, 4.69) is 12.0 Å². The quantitative estimate of drug-likeness (QED) is 0.355. The number of amides is 1. The van der Waals surface area contributed by atoms with Crippen LogP contribution in [0.1, 0.15) is 24.9 Å². The molecule has 0 aromatic heterocycles. The minimum atomic E-state index is -0.636. The van der Waals surface area contributed by atoms with E-state index < -0.39 is 17.7 Å². The van der Waals surface area contributed by atoms with Gasteiger partial charge in [-0.15, -0.1) is 0 Å². The summed E-state index contributed by atoms with van der Waals surface area (Å²) in [6, 6.07) is 3.96. The smallest absolute Gasteiger partial charge is 0.238 e. The molecule has 0 saturated carbocycles. The van der Waals surface area contributed by atoms with Crippen LogP contribution in [0.4, 0.5) is 8.78 Å². The van der Waals surface area contributed by atoms with Crippen LogP contribution in [0.25, 0.3) is 0 Å². The SMILES string of the molecule is C=C/C(F)=C/C(=S)NN(C(C)=O)C1c2cccc(F)c2OCC1CCN. The fraction of sp³-hybridized carbons (Fsp3) is 0.333. The van der Waals surface area contributed by atoms with Gasteiger partial charge < -0.3 is 10.5 Å². The predicted molar refractivity (Wildman–Crippen MR) is 99.4 cm³/mol. The Bertz CT molecular complexity index is 739. The molecule has 2 atom stereocenters. The molecule has 5 nitrogen and oxygen atoms in total. The Hall–Kier alpha value is -2.32. The molecule has 1 heterocycles. The van der Waals surface area contributed by atoms with Crippen molar-refractivity contribution < 1.29 is 18.3 Å². The highest BCUT2D eigenvalue weighted by molar-refractivity contribution is 7.80. The van der Waals surface area contributed by atoms with Crippen LogP contribution in [-0.2, 0) is 4.79 Å². The highest BCUT2D eigenvalue weighted by atomic mass is 32.1. The van der Waals surface area contributed by atoms with Crippen LogP contribution < -0.4 is 15.9 Å². The van der Waals surface area contributed by atoms with Crippen molar-refractivity contribution in [3.05, 3.63) is 54.1 Å². The minimum Gasteiger partial charge on any atom is -0.490 e. The molecule has 0 saturated heterocycles. The Morgan fingerprint density at radius 2 is 2.31 bits per heavy atom. The molecule has 140 valence electrons. The summed E-state index contributed by atoms with van der Waals surface area (Å²) in [4.78, 5) is 12.3. The Balaban J connectivity index is 2.43. The fourth-order valence-corrected chi connectivity index (χ4v) is 3.14. The summed E-state index contributed by atoms with van der Waals surface area (Å²) in [5.74, 6) is -1.59. The number of carbonyl (C=O) groups excluding carboxylic acids is 1. The Morgan fingerprint density at radius 1 is 1.58 bits per heavy atom. The van der Waals surface area contributed by atoms with Gasteiger partial charge in [0, 0.05) is 24.5 Å². The van der Waals surface area contributed by atoms with Gasteiger partial charge in [-0.05, 0) is 25.1 Å². The third-order valence-corrected chi connectivity index (χ3v) is 4.26. The molecule has 1 aromatic rings. The van der Waals surface area contributed by atoms with E-state index in [9.17, 15) is 13.6 Å². The first kappa shape index (κ1) is 20.0. The largest absolute Gasteiger partial charge is 0.490 e. The molecule has 1 aliphatic rings. The number of fused-ring (bicyclic) bond motifs is 1. The molecule has 3 N–H and O–H groups in total. The molecule has 8 heteroatoms. The van der Waals surface area contributed by atoms with E-state index in [1.165, 1.54) is 18.0 Å². The average Bonchev–Trinajstić information content (AvgIpc) is 2.60. The van der Waals surface area contributed by atoms with E-state index in [1.54, 1.807) is 12.1 Å². The van der Waals surface area contributed by atoms with Crippen LogP contribution >= 0.6 is 12.2 Å². The lowest BCUT2D eigenvalue weighted by molar-refractivity contribution is -0.135. The van der Waals surface area contributed by atoms with Crippen LogP contribution in [0.5, 0.6) is 5.75 Å². The van der Waals surface area contributed by atoms with Crippen LogP contribution in [0.3, 0.4) is 0 Å². The number of allylic oxidation sites excluding steroid dienone is 2. The maximum absolute atomic E-state index is 14.1. The van der Waals surface area contributed by atoms with E-state index in [4.69, 9.17) is 22.7 Å². The Labute approximate surface area is 156 Å². The predicted octanol–water partition coefficient (Wildman–Crippen LogP) is 2.94. The van der Waals surface area contributed by atoms with Crippen LogP contribution in [0.15, 0.2) is 42.8 Å². The number of hydrazine groups is 1. The topological polar surface area (TPSA) is 67.6 Å². The van der Waals surface area contributed by atoms with E-state index in [0.29, 0.717) is 18.5 Å². The van der Waals surface area contributed by atoms with Gasteiger partial charge in [-0.2, -0.15) is 0 Å². The van der Waals surface area contributed by atoms with Crippen molar-refractivity contribution in [2.24, 2.45) is 11.7 Å². The molecule has 1 aromatic carbocycles. The number of hydrogen-bond donors (Lipinski definition) is 2. The maximum Gasteiger partial charge on any atom is 0.238 e. The van der Waals surface area contributed by atoms with Gasteiger partial charge in [0.05, 0.1) is 12.6 Å². The zero-order valence-electron chi connectivity index (χ0n) is 14.4. The molecule has 0 spiro atoms. The molecule has 0 radical (unpaired) electrons. The third-order valence-electron chi connectivity index (χ3n) is 4.05. The van der Waals surface area contributed by atoms with Crippen molar-refractivity contribution in [1.29, 1.82) is 0 Å². The monoisotopic (exact) mass is 381 g/mol. The molecular weight excluding hydrogens is 360 g/mol. The van der Waals surface area contributed by atoms with Crippen LogP contribution in [0.2, 0.25) is 0 Å². The zero-order valence-corrected chi connectivity index (χ0v) is 15.2. The number of para-hydroxylation sites is 1. The van der Waals surface area contributed by atoms with Gasteiger partial charge >= 0.3 is 0 Å². The number of hydrogen-bond acceptors (Lipinski definition) is 4. The Morgan fingerprint density at radius 3 is 2.92 bits per heavy atom. The van der Waals surface area contributed by atoms with Crippen LogP contribution in [0, 0.1) is 11.7 Å². The molecule has 2 unspecified atom stereocenters. The molecule has 2 rings (SSSR count). The first-order valence-electron chi connectivity index (χ1n) is 8.10. The van der Waals surface area contributed by atoms with Gasteiger partial charge in [0.25, 0.3) is 0 Å². The molecule has 1 aliphatic heterocycles. The highest BCUT2D eigenvalue weighted by Crippen LogP contribution is 2.41. The van der Waals surface area contributed by atoms with Gasteiger partial charge in [0.1, 0.15) is 10.8 Å². The number of thiocarbonyl (C=S) groups is 1. The van der Waals surface area contributed by atoms with Crippen molar-refractivity contribution in [1.82, 2.24) is 10.4 Å². The standard InChI is InChI=1S/C18H21F2N3O2S/c1-3-13(19)9-16(26)22-23(11(2)24)17-12(7-8-21)10-25-18-14(17)5-4-6-15(18)20/h3-6,9,12,17H,1,7-8,10,21H2,2H3,(H,22,26)/b13-9-. The first-order chi connectivity index (χ1) is 12.4. The molecule has 0 aliphatic carbocycles. The summed E-state index contributed by atoms with van der Waals surface area (Å²) in [6.45, 7) is 5.23. The Kier molecular flexibility index (Phi) is 6.82. The number of benzene rings is 1. The molecule has 0 bridgehead atoms. The zero-order chi connectivity index (χ0) is 19.3. The summed E-state index contributed by atoms with van der Waals surface area (Å²) >= 11 is 5.09. The van der Waals surface area contributed by atoms with Gasteiger partial charge in [-0.25, -0.2) is 13.8 Å². The van der Waals surface area contributed by atoms with E-state index in [-0.39, 0.29) is 29.2 Å². The fourth-order valence-electron chi connectivity index (χ4n) is 2.93. The van der Waals surface area contributed by atoms with Crippen molar-refractivity contribution in [2.45, 2.75) is 19.4 Å². The van der Waals surface area contributed by atoms with Gasteiger partial charge in [-0.1, -0.05) is 30.9 Å². The number of nitrogens with two attached hydrogens (primary N) is 1. The lowest BCUT2D eigenvalue weighted by Crippen LogP contribution is -2.50. The summed E-state index contributed by atoms with van der Waals surface area (Å²) in [5.41, 5.74) is 8.92. The number of nitrogens with zero attached hydrogens (tertiary/aromatic N) is 1. The van der Waals surface area contributed by atoms with E-state index in [1.807, 2.05) is 0 Å². The number of rotatable bonds is 5. The number of nitrogens with one attached hydrogen (secondary N) is 1. The second-order valence-corrected chi connectivity index (χ2v) is 6.29. The third kappa shape index (κ3) is 4.44. The second kappa shape index (κ2) is 8.86. The summed E-state index contributed by atoms with van der Waals surface area (Å²) in [7, 11) is 0. The minimum absolute atomic E-state index is 0.00598. The molecular formula is C18H21F2N3O2S. The van der Waals surface area contributed by atoms with Gasteiger partial charge in [0.15, 0.2) is 11.6 Å². The number of carbonyl (C=O) groups is 1. The second-order valence-electron chi connectivity index (χ2n) is 5.85. The van der Waals surface area contributed by atoms with Crippen molar-refractivity contribution in [3.8, 4) is 5.75 Å². The average molecular weight is 381 g/mol. The van der Waals surface area contributed by atoms with Crippen molar-refractivity contribution in [2.75, 3.05) is 13.2 Å². The van der Waals surface area contributed by atoms with Crippen molar-refractivity contribution >= 4 is 23.1 Å². The normalized spacial score (nSPS) is 19.2. The lowest BCUT2D eigenvalue weighted by Gasteiger charge is -2.40. The molecule has 0 fully saturated rings. The summed E-state index contributed by atoms with van der Waals surface area (Å²) in [5, 5.41) is 1.27. The number of ether oxygens (including phenoxy) is 1. The van der Waals surface area contributed by atoms with Gasteiger partial charge in [-0.3, -0.25) is 10.2 Å². The van der Waals surface area contributed by atoms with Gasteiger partial charge in [0.2, 0.25) is 5.91 Å². The summed E-state index contributed by atoms with van der Waals surface area (Å²) < 4.78 is 33.1. The molecule has 26 heavy (non-hydrogen) atoms. The number of halogens is 2.